The summed E-state index contributed by atoms with van der Waals surface area (Å²) in [5.74, 6) is 1.02. The summed E-state index contributed by atoms with van der Waals surface area (Å²) in [5, 5.41) is 3.06. The third-order valence-corrected chi connectivity index (χ3v) is 7.35. The zero-order valence-corrected chi connectivity index (χ0v) is 23.3. The van der Waals surface area contributed by atoms with E-state index >= 15 is 0 Å². The number of fused-ring (bicyclic) bond motifs is 1. The molecule has 4 aromatic rings. The van der Waals surface area contributed by atoms with Crippen LogP contribution in [0.5, 0.6) is 11.5 Å². The van der Waals surface area contributed by atoms with Gasteiger partial charge in [-0.05, 0) is 55.4 Å². The van der Waals surface area contributed by atoms with Gasteiger partial charge in [-0.1, -0.05) is 24.3 Å². The van der Waals surface area contributed by atoms with E-state index < -0.39 is 11.4 Å². The number of carbonyl (C=O) groups is 1. The first-order valence-corrected chi connectivity index (χ1v) is 13.7. The molecule has 2 heterocycles. The molecule has 0 bridgehead atoms. The second kappa shape index (κ2) is 12.8. The molecule has 9 nitrogen and oxygen atoms in total. The van der Waals surface area contributed by atoms with E-state index in [4.69, 9.17) is 9.47 Å². The van der Waals surface area contributed by atoms with Gasteiger partial charge in [-0.15, -0.1) is 0 Å². The van der Waals surface area contributed by atoms with Gasteiger partial charge in [0, 0.05) is 32.6 Å². The number of benzene rings is 3. The highest BCUT2D eigenvalue weighted by molar-refractivity contribution is 5.79. The summed E-state index contributed by atoms with van der Waals surface area (Å²) in [6.07, 6.45) is 1.06. The summed E-state index contributed by atoms with van der Waals surface area (Å²) in [6.45, 7) is 4.46. The number of hydrogen-bond donors (Lipinski definition) is 1. The highest BCUT2D eigenvalue weighted by Crippen LogP contribution is 2.28. The lowest BCUT2D eigenvalue weighted by Crippen LogP contribution is -2.46. The lowest BCUT2D eigenvalue weighted by atomic mass is 10.2. The first-order valence-electron chi connectivity index (χ1n) is 13.7. The zero-order valence-electron chi connectivity index (χ0n) is 23.3. The number of halogens is 1. The van der Waals surface area contributed by atoms with Crippen LogP contribution in [-0.2, 0) is 11.3 Å². The molecule has 0 saturated carbocycles. The van der Waals surface area contributed by atoms with Gasteiger partial charge in [0.15, 0.2) is 0 Å². The molecule has 1 aromatic heterocycles. The van der Waals surface area contributed by atoms with E-state index in [9.17, 15) is 14.0 Å². The standard InChI is InChI=1S/C31H34FN5O4/c1-40-27-10-5-3-8-25(27)36-18-16-35(17-19-36)15-7-12-30(38)33-21-29-34-24-14-13-22(32)20-23(24)31(39)37(29)26-9-4-6-11-28(26)41-2/h3-6,8-11,13-14,20H,7,12,15-19,21H2,1-2H3,(H,33,38). The van der Waals surface area contributed by atoms with E-state index in [2.05, 4.69) is 26.2 Å². The number of hydrogen-bond acceptors (Lipinski definition) is 7. The number of piperazine rings is 1. The summed E-state index contributed by atoms with van der Waals surface area (Å²) < 4.78 is 26.3. The molecule has 0 atom stereocenters. The molecule has 3 aromatic carbocycles. The van der Waals surface area contributed by atoms with Crippen LogP contribution >= 0.6 is 0 Å². The molecule has 214 valence electrons. The smallest absolute Gasteiger partial charge is 0.266 e. The fraction of sp³-hybridized carbons (Fsp3) is 0.323. The summed E-state index contributed by atoms with van der Waals surface area (Å²) in [7, 11) is 3.20. The van der Waals surface area contributed by atoms with Crippen LogP contribution in [0.4, 0.5) is 10.1 Å². The van der Waals surface area contributed by atoms with Crippen molar-refractivity contribution in [2.45, 2.75) is 19.4 Å². The van der Waals surface area contributed by atoms with Crippen molar-refractivity contribution in [3.8, 4) is 17.2 Å². The largest absolute Gasteiger partial charge is 0.495 e. The summed E-state index contributed by atoms with van der Waals surface area (Å²) in [6, 6.07) is 19.0. The van der Waals surface area contributed by atoms with Gasteiger partial charge < -0.3 is 19.7 Å². The van der Waals surface area contributed by atoms with Gasteiger partial charge in [0.05, 0.1) is 43.0 Å². The molecular weight excluding hydrogens is 525 g/mol. The van der Waals surface area contributed by atoms with Crippen molar-refractivity contribution in [3.05, 3.63) is 88.7 Å². The Kier molecular flexibility index (Phi) is 8.79. The minimum absolute atomic E-state index is 0.0387. The maximum atomic E-state index is 14.0. The zero-order chi connectivity index (χ0) is 28.8. The van der Waals surface area contributed by atoms with Crippen LogP contribution in [0, 0.1) is 5.82 Å². The number of ether oxygens (including phenoxy) is 2. The molecule has 5 rings (SSSR count). The van der Waals surface area contributed by atoms with E-state index in [1.54, 1.807) is 31.4 Å². The second-order valence-electron chi connectivity index (χ2n) is 9.88. The van der Waals surface area contributed by atoms with E-state index in [0.717, 1.165) is 44.2 Å². The van der Waals surface area contributed by atoms with Gasteiger partial charge in [-0.3, -0.25) is 19.1 Å². The number of aromatic nitrogens is 2. The Morgan fingerprint density at radius 2 is 1.59 bits per heavy atom. The average Bonchev–Trinajstić information content (AvgIpc) is 3.01. The molecule has 1 saturated heterocycles. The van der Waals surface area contributed by atoms with Crippen molar-refractivity contribution in [2.24, 2.45) is 0 Å². The highest BCUT2D eigenvalue weighted by atomic mass is 19.1. The molecule has 41 heavy (non-hydrogen) atoms. The van der Waals surface area contributed by atoms with Crippen molar-refractivity contribution < 1.29 is 18.7 Å². The summed E-state index contributed by atoms with van der Waals surface area (Å²) >= 11 is 0. The Balaban J connectivity index is 1.20. The molecule has 0 radical (unpaired) electrons. The van der Waals surface area contributed by atoms with Gasteiger partial charge in [-0.25, -0.2) is 9.37 Å². The number of anilines is 1. The van der Waals surface area contributed by atoms with Crippen LogP contribution in [-0.4, -0.2) is 67.3 Å². The Morgan fingerprint density at radius 1 is 0.927 bits per heavy atom. The van der Waals surface area contributed by atoms with E-state index in [1.165, 1.54) is 29.9 Å². The molecule has 1 N–H and O–H groups in total. The number of nitrogens with zero attached hydrogens (tertiary/aromatic N) is 4. The second-order valence-corrected chi connectivity index (χ2v) is 9.88. The molecule has 1 aliphatic heterocycles. The van der Waals surface area contributed by atoms with Crippen molar-refractivity contribution >= 4 is 22.5 Å². The Morgan fingerprint density at radius 3 is 2.29 bits per heavy atom. The van der Waals surface area contributed by atoms with Crippen molar-refractivity contribution in [2.75, 3.05) is 51.8 Å². The molecule has 10 heteroatoms. The van der Waals surface area contributed by atoms with E-state index in [0.29, 0.717) is 35.6 Å². The van der Waals surface area contributed by atoms with Crippen LogP contribution in [0.25, 0.3) is 16.6 Å². The first-order chi connectivity index (χ1) is 20.0. The number of nitrogens with one attached hydrogen (secondary N) is 1. The number of amides is 1. The Labute approximate surface area is 238 Å². The van der Waals surface area contributed by atoms with E-state index in [1.807, 2.05) is 18.2 Å². The number of methoxy groups -OCH3 is 2. The van der Waals surface area contributed by atoms with Gasteiger partial charge in [0.1, 0.15) is 23.1 Å². The molecule has 1 fully saturated rings. The predicted molar refractivity (Wildman–Crippen MR) is 157 cm³/mol. The van der Waals surface area contributed by atoms with Crippen LogP contribution < -0.4 is 25.2 Å². The average molecular weight is 560 g/mol. The Hall–Kier alpha value is -4.44. The number of rotatable bonds is 10. The minimum Gasteiger partial charge on any atom is -0.495 e. The maximum absolute atomic E-state index is 14.0. The molecule has 0 aliphatic carbocycles. The predicted octanol–water partition coefficient (Wildman–Crippen LogP) is 3.76. The first kappa shape index (κ1) is 28.1. The highest BCUT2D eigenvalue weighted by Gasteiger charge is 2.20. The number of para-hydroxylation sites is 4. The normalized spacial score (nSPS) is 13.8. The molecule has 0 spiro atoms. The van der Waals surface area contributed by atoms with E-state index in [-0.39, 0.29) is 17.8 Å². The lowest BCUT2D eigenvalue weighted by molar-refractivity contribution is -0.121. The van der Waals surface area contributed by atoms with Crippen molar-refractivity contribution in [3.63, 3.8) is 0 Å². The topological polar surface area (TPSA) is 88.9 Å². The van der Waals surface area contributed by atoms with Gasteiger partial charge in [0.2, 0.25) is 5.91 Å². The molecular formula is C31H34FN5O4. The van der Waals surface area contributed by atoms with Crippen LogP contribution in [0.2, 0.25) is 0 Å². The maximum Gasteiger partial charge on any atom is 0.266 e. The summed E-state index contributed by atoms with van der Waals surface area (Å²) in [4.78, 5) is 35.6. The fourth-order valence-electron chi connectivity index (χ4n) is 5.22. The fourth-order valence-corrected chi connectivity index (χ4v) is 5.22. The summed E-state index contributed by atoms with van der Waals surface area (Å²) in [5.41, 5.74) is 1.50. The molecule has 1 amide bonds. The quantitative estimate of drug-likeness (QED) is 0.317. The SMILES string of the molecule is COc1ccccc1N1CCN(CCCC(=O)NCc2nc3ccc(F)cc3c(=O)n2-c2ccccc2OC)CC1. The third-order valence-electron chi connectivity index (χ3n) is 7.35. The van der Waals surface area contributed by atoms with Crippen LogP contribution in [0.15, 0.2) is 71.5 Å². The molecule has 0 unspecified atom stereocenters. The number of carbonyl (C=O) groups excluding carboxylic acids is 1. The van der Waals surface area contributed by atoms with Crippen LogP contribution in [0.3, 0.4) is 0 Å². The molecule has 1 aliphatic rings. The monoisotopic (exact) mass is 559 g/mol. The van der Waals surface area contributed by atoms with Crippen LogP contribution in [0.1, 0.15) is 18.7 Å². The van der Waals surface area contributed by atoms with Crippen molar-refractivity contribution in [1.29, 1.82) is 0 Å². The third kappa shape index (κ3) is 6.33. The minimum atomic E-state index is -0.523. The van der Waals surface area contributed by atoms with Gasteiger partial charge in [0.25, 0.3) is 5.56 Å². The van der Waals surface area contributed by atoms with Gasteiger partial charge in [-0.2, -0.15) is 0 Å². The Bertz CT molecular complexity index is 1580. The van der Waals surface area contributed by atoms with Gasteiger partial charge >= 0.3 is 0 Å². The van der Waals surface area contributed by atoms with Crippen molar-refractivity contribution in [1.82, 2.24) is 19.8 Å². The lowest BCUT2D eigenvalue weighted by Gasteiger charge is -2.36.